The molecule has 1 N–H and O–H groups in total. The van der Waals surface area contributed by atoms with E-state index < -0.39 is 14.3 Å². The number of carbonyl (C=O) groups is 1. The summed E-state index contributed by atoms with van der Waals surface area (Å²) in [4.78, 5) is 9.60. The fourth-order valence-corrected chi connectivity index (χ4v) is 0. The van der Waals surface area contributed by atoms with Crippen molar-refractivity contribution >= 4 is 14.3 Å². The van der Waals surface area contributed by atoms with Crippen molar-refractivity contribution in [2.75, 3.05) is 7.11 Å². The van der Waals surface area contributed by atoms with E-state index in [0.717, 1.165) is 0 Å². The average Bonchev–Trinajstić information content (AvgIpc) is 1.87. The summed E-state index contributed by atoms with van der Waals surface area (Å²) in [5.41, 5.74) is 0.176. The summed E-state index contributed by atoms with van der Waals surface area (Å²) in [5.74, 6) is -0.935. The van der Waals surface area contributed by atoms with Crippen LogP contribution >= 0.6 is 0 Å². The lowest BCUT2D eigenvalue weighted by Gasteiger charge is -2.10. The van der Waals surface area contributed by atoms with Crippen LogP contribution in [0.2, 0.25) is 19.6 Å². The topological polar surface area (TPSA) is 46.5 Å². The van der Waals surface area contributed by atoms with Gasteiger partial charge in [-0.1, -0.05) is 6.58 Å². The number of hydrogen-bond donors (Lipinski definition) is 1. The van der Waals surface area contributed by atoms with E-state index in [1.807, 2.05) is 0 Å². The van der Waals surface area contributed by atoms with Crippen molar-refractivity contribution in [3.8, 4) is 0 Å². The third kappa shape index (κ3) is 16.2. The molecule has 0 bridgehead atoms. The smallest absolute Gasteiger partial charge is 0.330 e. The Balaban J connectivity index is 0. The zero-order valence-electron chi connectivity index (χ0n) is 8.47. The zero-order valence-corrected chi connectivity index (χ0v) is 9.47. The first-order chi connectivity index (χ1) is 5.20. The molecule has 0 radical (unpaired) electrons. The fraction of sp³-hybridized carbons (Fsp3) is 0.625. The van der Waals surface area contributed by atoms with Crippen molar-refractivity contribution in [2.24, 2.45) is 0 Å². The molecule has 0 unspecified atom stereocenters. The molecule has 72 valence electrons. The van der Waals surface area contributed by atoms with Gasteiger partial charge in [-0.15, -0.1) is 0 Å². The molecule has 0 aliphatic carbocycles. The molecule has 0 aromatic carbocycles. The van der Waals surface area contributed by atoms with Crippen LogP contribution in [-0.2, 0) is 9.22 Å². The van der Waals surface area contributed by atoms with Crippen molar-refractivity contribution in [1.82, 2.24) is 0 Å². The molecule has 0 saturated heterocycles. The number of carboxylic acids is 1. The molecule has 4 heteroatoms. The highest BCUT2D eigenvalue weighted by molar-refractivity contribution is 6.69. The SMILES string of the molecule is C=C(C)C(=O)O.CO[Si](C)(C)C. The number of carboxylic acid groups (broad SMARTS) is 1. The van der Waals surface area contributed by atoms with Gasteiger partial charge in [-0.05, 0) is 26.6 Å². The number of aliphatic carboxylic acids is 1. The van der Waals surface area contributed by atoms with Gasteiger partial charge in [0.25, 0.3) is 0 Å². The van der Waals surface area contributed by atoms with Crippen LogP contribution in [0.4, 0.5) is 0 Å². The Morgan fingerprint density at radius 3 is 1.58 bits per heavy atom. The van der Waals surface area contributed by atoms with Crippen molar-refractivity contribution in [2.45, 2.75) is 26.6 Å². The van der Waals surface area contributed by atoms with Crippen LogP contribution in [0.3, 0.4) is 0 Å². The second-order valence-corrected chi connectivity index (χ2v) is 8.03. The van der Waals surface area contributed by atoms with Gasteiger partial charge in [0.1, 0.15) is 0 Å². The Hall–Kier alpha value is -0.613. The third-order valence-corrected chi connectivity index (χ3v) is 2.20. The Labute approximate surface area is 75.2 Å². The summed E-state index contributed by atoms with van der Waals surface area (Å²) < 4.78 is 5.08. The molecule has 0 aliphatic rings. The molecule has 0 atom stereocenters. The van der Waals surface area contributed by atoms with Gasteiger partial charge in [-0.3, -0.25) is 0 Å². The Morgan fingerprint density at radius 1 is 1.42 bits per heavy atom. The maximum Gasteiger partial charge on any atom is 0.330 e. The predicted octanol–water partition coefficient (Wildman–Crippen LogP) is 2.11. The van der Waals surface area contributed by atoms with E-state index in [1.54, 1.807) is 7.11 Å². The molecule has 3 nitrogen and oxygen atoms in total. The van der Waals surface area contributed by atoms with Crippen LogP contribution in [0.25, 0.3) is 0 Å². The van der Waals surface area contributed by atoms with Crippen molar-refractivity contribution in [1.29, 1.82) is 0 Å². The van der Waals surface area contributed by atoms with E-state index in [4.69, 9.17) is 9.53 Å². The third-order valence-electron chi connectivity index (χ3n) is 0.977. The molecule has 0 amide bonds. The first kappa shape index (κ1) is 13.9. The minimum Gasteiger partial charge on any atom is -0.478 e. The maximum atomic E-state index is 9.60. The second kappa shape index (κ2) is 5.96. The van der Waals surface area contributed by atoms with Crippen LogP contribution in [0, 0.1) is 0 Å². The minimum atomic E-state index is -1.13. The highest BCUT2D eigenvalue weighted by Crippen LogP contribution is 1.97. The van der Waals surface area contributed by atoms with Gasteiger partial charge in [0.2, 0.25) is 0 Å². The number of hydrogen-bond acceptors (Lipinski definition) is 2. The fourth-order valence-electron chi connectivity index (χ4n) is 0. The number of rotatable bonds is 2. The Morgan fingerprint density at radius 2 is 1.58 bits per heavy atom. The van der Waals surface area contributed by atoms with Crippen LogP contribution in [-0.4, -0.2) is 26.5 Å². The van der Waals surface area contributed by atoms with E-state index in [9.17, 15) is 4.79 Å². The Kier molecular flexibility index (Phi) is 6.93. The average molecular weight is 190 g/mol. The van der Waals surface area contributed by atoms with Crippen molar-refractivity contribution < 1.29 is 14.3 Å². The standard InChI is InChI=1S/C4H6O2.C4H12OSi/c1-3(2)4(5)6;1-5-6(2,3)4/h1H2,2H3,(H,5,6);1-4H3. The van der Waals surface area contributed by atoms with Crippen LogP contribution in [0.1, 0.15) is 6.92 Å². The van der Waals surface area contributed by atoms with Crippen LogP contribution < -0.4 is 0 Å². The highest BCUT2D eigenvalue weighted by atomic mass is 28.4. The molecule has 0 saturated carbocycles. The summed E-state index contributed by atoms with van der Waals surface area (Å²) in [5, 5.41) is 7.89. The molecule has 0 fully saturated rings. The molecule has 0 spiro atoms. The van der Waals surface area contributed by atoms with E-state index >= 15 is 0 Å². The van der Waals surface area contributed by atoms with Gasteiger partial charge in [0.05, 0.1) is 0 Å². The van der Waals surface area contributed by atoms with Gasteiger partial charge in [-0.25, -0.2) is 4.79 Å². The predicted molar refractivity (Wildman–Crippen MR) is 52.8 cm³/mol. The summed E-state index contributed by atoms with van der Waals surface area (Å²) in [7, 11) is 0.639. The Bertz CT molecular complexity index is 146. The lowest BCUT2D eigenvalue weighted by Crippen LogP contribution is -2.22. The molecule has 0 heterocycles. The summed E-state index contributed by atoms with van der Waals surface area (Å²) >= 11 is 0. The van der Waals surface area contributed by atoms with Gasteiger partial charge >= 0.3 is 5.97 Å². The first-order valence-corrected chi connectivity index (χ1v) is 7.05. The monoisotopic (exact) mass is 190 g/mol. The van der Waals surface area contributed by atoms with Crippen LogP contribution in [0.15, 0.2) is 12.2 Å². The van der Waals surface area contributed by atoms with Crippen molar-refractivity contribution in [3.05, 3.63) is 12.2 Å². The van der Waals surface area contributed by atoms with E-state index in [1.165, 1.54) is 6.92 Å². The highest BCUT2D eigenvalue weighted by Gasteiger charge is 2.09. The molecule has 0 aromatic heterocycles. The van der Waals surface area contributed by atoms with E-state index in [2.05, 4.69) is 26.2 Å². The zero-order chi connectivity index (χ0) is 10.4. The molecule has 0 aliphatic heterocycles. The first-order valence-electron chi connectivity index (χ1n) is 3.64. The van der Waals surface area contributed by atoms with E-state index in [-0.39, 0.29) is 5.57 Å². The molecule has 0 aromatic rings. The molecular weight excluding hydrogens is 172 g/mol. The van der Waals surface area contributed by atoms with E-state index in [0.29, 0.717) is 0 Å². The largest absolute Gasteiger partial charge is 0.478 e. The quantitative estimate of drug-likeness (QED) is 0.536. The minimum absolute atomic E-state index is 0.176. The maximum absolute atomic E-state index is 9.60. The van der Waals surface area contributed by atoms with Gasteiger partial charge < -0.3 is 9.53 Å². The van der Waals surface area contributed by atoms with Gasteiger partial charge in [0, 0.05) is 12.7 Å². The van der Waals surface area contributed by atoms with Gasteiger partial charge in [-0.2, -0.15) is 0 Å². The lowest BCUT2D eigenvalue weighted by molar-refractivity contribution is -0.132. The molecule has 0 rings (SSSR count). The van der Waals surface area contributed by atoms with Gasteiger partial charge in [0.15, 0.2) is 8.32 Å². The van der Waals surface area contributed by atoms with Crippen molar-refractivity contribution in [3.63, 3.8) is 0 Å². The summed E-state index contributed by atoms with van der Waals surface area (Å²) in [6.07, 6.45) is 0. The second-order valence-electron chi connectivity index (χ2n) is 3.40. The molecular formula is C8H18O3Si. The van der Waals surface area contributed by atoms with Crippen LogP contribution in [0.5, 0.6) is 0 Å². The lowest BCUT2D eigenvalue weighted by atomic mass is 10.4. The summed E-state index contributed by atoms with van der Waals surface area (Å²) in [6.45, 7) is 11.1. The molecule has 12 heavy (non-hydrogen) atoms. The summed E-state index contributed by atoms with van der Waals surface area (Å²) in [6, 6.07) is 0. The normalized spacial score (nSPS) is 9.75.